The summed E-state index contributed by atoms with van der Waals surface area (Å²) >= 11 is 0. The van der Waals surface area contributed by atoms with Gasteiger partial charge in [0.1, 0.15) is 17.1 Å². The van der Waals surface area contributed by atoms with Crippen molar-refractivity contribution in [3.05, 3.63) is 42.4 Å². The minimum atomic E-state index is -0.827. The fraction of sp³-hybridized carbons (Fsp3) is 0.500. The fourth-order valence-corrected chi connectivity index (χ4v) is 6.39. The van der Waals surface area contributed by atoms with Crippen LogP contribution in [0.3, 0.4) is 0 Å². The first-order valence-corrected chi connectivity index (χ1v) is 12.9. The van der Waals surface area contributed by atoms with E-state index in [2.05, 4.69) is 40.9 Å². The molecule has 3 aromatic heterocycles. The zero-order valence-electron chi connectivity index (χ0n) is 20.8. The molecular formula is C26H30FN9O. The first kappa shape index (κ1) is 22.6. The van der Waals surface area contributed by atoms with Crippen LogP contribution in [0.25, 0.3) is 22.2 Å². The maximum atomic E-state index is 13.8. The average molecular weight is 504 g/mol. The number of benzene rings is 1. The molecule has 3 saturated carbocycles. The molecule has 192 valence electrons. The molecule has 0 spiro atoms. The molecule has 4 aliphatic rings. The van der Waals surface area contributed by atoms with Crippen molar-refractivity contribution >= 4 is 16.7 Å². The summed E-state index contributed by atoms with van der Waals surface area (Å²) in [7, 11) is 1.64. The number of hydrogen-bond acceptors (Lipinski definition) is 8. The molecule has 1 saturated heterocycles. The van der Waals surface area contributed by atoms with E-state index in [0.29, 0.717) is 12.6 Å². The Bertz CT molecular complexity index is 1410. The summed E-state index contributed by atoms with van der Waals surface area (Å²) in [6.45, 7) is 3.28. The van der Waals surface area contributed by atoms with Crippen LogP contribution in [0.4, 0.5) is 10.2 Å². The molecule has 4 aromatic rings. The van der Waals surface area contributed by atoms with E-state index < -0.39 is 5.67 Å². The van der Waals surface area contributed by atoms with Gasteiger partial charge in [-0.05, 0) is 55.7 Å². The third kappa shape index (κ3) is 4.11. The van der Waals surface area contributed by atoms with Gasteiger partial charge in [0.15, 0.2) is 5.82 Å². The van der Waals surface area contributed by atoms with E-state index in [4.69, 9.17) is 4.74 Å². The van der Waals surface area contributed by atoms with Crippen LogP contribution in [0.2, 0.25) is 0 Å². The van der Waals surface area contributed by atoms with Gasteiger partial charge in [0.2, 0.25) is 0 Å². The third-order valence-corrected chi connectivity index (χ3v) is 8.20. The van der Waals surface area contributed by atoms with Gasteiger partial charge in [-0.1, -0.05) is 5.21 Å². The molecule has 1 atom stereocenters. The SMILES string of the molecule is COc1cc(-c2cn(Cc3ccc(N4CCCC(NCC56CC(F)(C5)C6)C4)nn3)nn2)c2cn[nH]c2c1. The van der Waals surface area contributed by atoms with Crippen LogP contribution in [-0.4, -0.2) is 73.8 Å². The maximum Gasteiger partial charge on any atom is 0.151 e. The van der Waals surface area contributed by atoms with Crippen molar-refractivity contribution < 1.29 is 9.13 Å². The Labute approximate surface area is 213 Å². The van der Waals surface area contributed by atoms with E-state index >= 15 is 0 Å². The molecule has 10 nitrogen and oxygen atoms in total. The van der Waals surface area contributed by atoms with Crippen LogP contribution in [-0.2, 0) is 6.54 Å². The Kier molecular flexibility index (Phi) is 5.17. The van der Waals surface area contributed by atoms with Gasteiger partial charge in [-0.3, -0.25) is 5.10 Å². The zero-order valence-corrected chi connectivity index (χ0v) is 20.8. The summed E-state index contributed by atoms with van der Waals surface area (Å²) in [5.41, 5.74) is 2.75. The first-order chi connectivity index (χ1) is 18.0. The number of halogens is 1. The van der Waals surface area contributed by atoms with Gasteiger partial charge >= 0.3 is 0 Å². The molecule has 4 heterocycles. The summed E-state index contributed by atoms with van der Waals surface area (Å²) in [5, 5.41) is 29.5. The van der Waals surface area contributed by atoms with Crippen LogP contribution in [0.1, 0.15) is 37.8 Å². The van der Waals surface area contributed by atoms with Crippen LogP contribution in [0.15, 0.2) is 36.7 Å². The number of aromatic amines is 1. The van der Waals surface area contributed by atoms with Gasteiger partial charge in [-0.2, -0.15) is 10.2 Å². The second kappa shape index (κ2) is 8.47. The van der Waals surface area contributed by atoms with Crippen LogP contribution >= 0.6 is 0 Å². The maximum absolute atomic E-state index is 13.8. The van der Waals surface area contributed by atoms with Crippen molar-refractivity contribution in [1.82, 2.24) is 40.7 Å². The summed E-state index contributed by atoms with van der Waals surface area (Å²) in [4.78, 5) is 2.29. The standard InChI is InChI=1S/C26H30FN9O/c1-37-19-7-20(21-9-29-31-22(21)8-19)23-12-36(34-32-23)11-18-4-5-24(33-30-18)35-6-2-3-17(10-35)28-16-25-13-26(27,14-25)15-25/h4-5,7-9,12,17,28H,2-3,6,10-11,13-16H2,1H3,(H,29,31). The smallest absolute Gasteiger partial charge is 0.151 e. The second-order valence-electron chi connectivity index (χ2n) is 11.0. The van der Waals surface area contributed by atoms with Gasteiger partial charge < -0.3 is 15.0 Å². The quantitative estimate of drug-likeness (QED) is 0.378. The van der Waals surface area contributed by atoms with E-state index in [9.17, 15) is 4.39 Å². The Morgan fingerprint density at radius 1 is 1.19 bits per heavy atom. The molecule has 1 aliphatic heterocycles. The molecule has 2 bridgehead atoms. The predicted molar refractivity (Wildman–Crippen MR) is 136 cm³/mol. The highest BCUT2D eigenvalue weighted by atomic mass is 19.1. The third-order valence-electron chi connectivity index (χ3n) is 8.20. The predicted octanol–water partition coefficient (Wildman–Crippen LogP) is 3.12. The number of H-pyrrole nitrogens is 1. The first-order valence-electron chi connectivity index (χ1n) is 12.9. The number of aromatic nitrogens is 7. The van der Waals surface area contributed by atoms with Gasteiger partial charge in [0.05, 0.1) is 37.3 Å². The molecule has 0 amide bonds. The molecule has 2 N–H and O–H groups in total. The lowest BCUT2D eigenvalue weighted by Gasteiger charge is -2.66. The van der Waals surface area contributed by atoms with Crippen molar-refractivity contribution in [1.29, 1.82) is 0 Å². The number of piperidine rings is 1. The summed E-state index contributed by atoms with van der Waals surface area (Å²) < 4.78 is 21.0. The monoisotopic (exact) mass is 503 g/mol. The number of ether oxygens (including phenoxy) is 1. The van der Waals surface area contributed by atoms with Crippen LogP contribution in [0.5, 0.6) is 5.75 Å². The highest BCUT2D eigenvalue weighted by Crippen LogP contribution is 2.69. The molecule has 37 heavy (non-hydrogen) atoms. The summed E-state index contributed by atoms with van der Waals surface area (Å²) in [6.07, 6.45) is 8.17. The Balaban J connectivity index is 0.993. The number of nitrogens with one attached hydrogen (secondary N) is 2. The van der Waals surface area contributed by atoms with Crippen molar-refractivity contribution in [3.8, 4) is 17.0 Å². The van der Waals surface area contributed by atoms with Crippen LogP contribution < -0.4 is 15.0 Å². The topological polar surface area (TPSA) is 110 Å². The van der Waals surface area contributed by atoms with Crippen LogP contribution in [0, 0.1) is 5.41 Å². The van der Waals surface area contributed by atoms with Crippen molar-refractivity contribution in [3.63, 3.8) is 0 Å². The van der Waals surface area contributed by atoms with Crippen molar-refractivity contribution in [2.75, 3.05) is 31.6 Å². The van der Waals surface area contributed by atoms with Crippen molar-refractivity contribution in [2.24, 2.45) is 5.41 Å². The highest BCUT2D eigenvalue weighted by Gasteiger charge is 2.68. The Morgan fingerprint density at radius 2 is 2.08 bits per heavy atom. The molecule has 1 unspecified atom stereocenters. The van der Waals surface area contributed by atoms with E-state index in [1.165, 1.54) is 0 Å². The number of fused-ring (bicyclic) bond motifs is 1. The van der Waals surface area contributed by atoms with Gasteiger partial charge in [0, 0.05) is 42.7 Å². The van der Waals surface area contributed by atoms with E-state index in [-0.39, 0.29) is 5.41 Å². The Hall–Kier alpha value is -3.60. The van der Waals surface area contributed by atoms with Gasteiger partial charge in [-0.25, -0.2) is 9.07 Å². The number of hydrogen-bond donors (Lipinski definition) is 2. The molecule has 3 aliphatic carbocycles. The van der Waals surface area contributed by atoms with E-state index in [1.807, 2.05) is 30.5 Å². The highest BCUT2D eigenvalue weighted by molar-refractivity contribution is 5.94. The zero-order chi connectivity index (χ0) is 25.0. The molecule has 11 heteroatoms. The molecule has 0 radical (unpaired) electrons. The molecular weight excluding hydrogens is 473 g/mol. The number of rotatable bonds is 8. The second-order valence-corrected chi connectivity index (χ2v) is 11.0. The summed E-state index contributed by atoms with van der Waals surface area (Å²) in [5.74, 6) is 1.62. The lowest BCUT2D eigenvalue weighted by atomic mass is 9.42. The molecule has 8 rings (SSSR count). The number of alkyl halides is 1. The number of anilines is 1. The minimum Gasteiger partial charge on any atom is -0.497 e. The summed E-state index contributed by atoms with van der Waals surface area (Å²) in [6, 6.07) is 8.29. The van der Waals surface area contributed by atoms with Gasteiger partial charge in [-0.15, -0.1) is 10.2 Å². The normalized spacial score (nSPS) is 26.6. The van der Waals surface area contributed by atoms with E-state index in [1.54, 1.807) is 18.0 Å². The minimum absolute atomic E-state index is 0.233. The largest absolute Gasteiger partial charge is 0.497 e. The van der Waals surface area contributed by atoms with Gasteiger partial charge in [0.25, 0.3) is 0 Å². The lowest BCUT2D eigenvalue weighted by molar-refractivity contribution is -0.210. The molecule has 4 fully saturated rings. The van der Waals surface area contributed by atoms with E-state index in [0.717, 1.165) is 91.2 Å². The number of nitrogens with zero attached hydrogens (tertiary/aromatic N) is 7. The Morgan fingerprint density at radius 3 is 2.86 bits per heavy atom. The number of methoxy groups -OCH3 is 1. The average Bonchev–Trinajstić information content (AvgIpc) is 3.55. The van der Waals surface area contributed by atoms with Crippen molar-refractivity contribution in [2.45, 2.75) is 50.4 Å². The lowest BCUT2D eigenvalue weighted by Crippen LogP contribution is -2.68. The molecule has 1 aromatic carbocycles. The fourth-order valence-electron chi connectivity index (χ4n) is 6.39.